The van der Waals surface area contributed by atoms with Gasteiger partial charge in [-0.1, -0.05) is 29.9 Å². The number of nitrogens with one attached hydrogen (secondary N) is 1. The molecule has 66 valence electrons. The summed E-state index contributed by atoms with van der Waals surface area (Å²) in [4.78, 5) is 0. The van der Waals surface area contributed by atoms with E-state index in [1.54, 1.807) is 0 Å². The molecule has 0 unspecified atom stereocenters. The predicted molar refractivity (Wildman–Crippen MR) is 61.4 cm³/mol. The highest BCUT2D eigenvalue weighted by Gasteiger charge is 1.90. The molecule has 0 radical (unpaired) electrons. The van der Waals surface area contributed by atoms with Crippen molar-refractivity contribution in [3.8, 4) is 0 Å². The van der Waals surface area contributed by atoms with Crippen molar-refractivity contribution in [2.24, 2.45) is 0 Å². The molecule has 4 heteroatoms. The summed E-state index contributed by atoms with van der Waals surface area (Å²) in [5.74, 6) is 0. The Morgan fingerprint density at radius 3 is 2.25 bits per heavy atom. The zero-order chi connectivity index (χ0) is 8.27. The van der Waals surface area contributed by atoms with Gasteiger partial charge in [0, 0.05) is 5.69 Å². The fourth-order valence-electron chi connectivity index (χ4n) is 0.760. The first-order valence-corrected chi connectivity index (χ1v) is 4.10. The largest absolute Gasteiger partial charge is 0.344 e. The average molecular weight is 200 g/mol. The van der Waals surface area contributed by atoms with Crippen molar-refractivity contribution in [3.63, 3.8) is 0 Å². The molecule has 4 N–H and O–H groups in total. The van der Waals surface area contributed by atoms with Gasteiger partial charge in [0.1, 0.15) is 4.32 Å². The molecular weight excluding hydrogens is 188 g/mol. The van der Waals surface area contributed by atoms with Gasteiger partial charge in [-0.25, -0.2) is 0 Å². The van der Waals surface area contributed by atoms with Gasteiger partial charge >= 0.3 is 0 Å². The lowest BCUT2D eigenvalue weighted by Crippen LogP contribution is -1.99. The van der Waals surface area contributed by atoms with Crippen LogP contribution in [0.5, 0.6) is 0 Å². The minimum Gasteiger partial charge on any atom is -0.344 e. The van der Waals surface area contributed by atoms with Crippen molar-refractivity contribution < 1.29 is 0 Å². The molecule has 0 aliphatic rings. The number of anilines is 1. The third-order valence-electron chi connectivity index (χ3n) is 1.30. The van der Waals surface area contributed by atoms with Crippen molar-refractivity contribution in [2.45, 2.75) is 6.92 Å². The molecule has 0 spiro atoms. The molecule has 0 saturated carbocycles. The number of aryl methyl sites for hydroxylation is 1. The Kier molecular flexibility index (Phi) is 4.89. The molecule has 1 rings (SSSR count). The van der Waals surface area contributed by atoms with E-state index in [0.717, 1.165) is 5.69 Å². The molecule has 0 saturated heterocycles. The Labute approximate surface area is 83.4 Å². The zero-order valence-electron chi connectivity index (χ0n) is 6.87. The van der Waals surface area contributed by atoms with Crippen LogP contribution in [0.2, 0.25) is 0 Å². The Hall–Kier alpha value is -0.580. The second-order valence-corrected chi connectivity index (χ2v) is 3.45. The maximum absolute atomic E-state index is 4.76. The molecule has 0 fully saturated rings. The van der Waals surface area contributed by atoms with Crippen LogP contribution in [0.15, 0.2) is 24.3 Å². The van der Waals surface area contributed by atoms with Crippen molar-refractivity contribution in [2.75, 3.05) is 5.32 Å². The lowest BCUT2D eigenvalue weighted by Gasteiger charge is -2.01. The molecule has 2 nitrogen and oxygen atoms in total. The molecular formula is C8H12N2S2. The minimum atomic E-state index is 0. The normalized spacial score (nSPS) is 8.50. The summed E-state index contributed by atoms with van der Waals surface area (Å²) in [7, 11) is 0. The van der Waals surface area contributed by atoms with Gasteiger partial charge in [-0.3, -0.25) is 0 Å². The zero-order valence-corrected chi connectivity index (χ0v) is 8.58. The molecule has 0 aliphatic heterocycles. The van der Waals surface area contributed by atoms with Crippen molar-refractivity contribution in [1.29, 1.82) is 0 Å². The number of thiocarbonyl (C=S) groups is 1. The van der Waals surface area contributed by atoms with Gasteiger partial charge in [0.15, 0.2) is 0 Å². The Bertz CT molecular complexity index is 256. The van der Waals surface area contributed by atoms with Crippen LogP contribution >= 0.6 is 24.8 Å². The van der Waals surface area contributed by atoms with Crippen molar-refractivity contribution in [3.05, 3.63) is 29.8 Å². The van der Waals surface area contributed by atoms with E-state index in [0.29, 0.717) is 4.32 Å². The summed E-state index contributed by atoms with van der Waals surface area (Å²) < 4.78 is 0.494. The second kappa shape index (κ2) is 5.13. The molecule has 1 aromatic carbocycles. The lowest BCUT2D eigenvalue weighted by molar-refractivity contribution is 1.47. The first-order chi connectivity index (χ1) is 5.18. The smallest absolute Gasteiger partial charge is 0.135 e. The summed E-state index contributed by atoms with van der Waals surface area (Å²) in [6, 6.07) is 7.98. The fraction of sp³-hybridized carbons (Fsp3) is 0.125. The van der Waals surface area contributed by atoms with E-state index in [1.165, 1.54) is 5.56 Å². The second-order valence-electron chi connectivity index (χ2n) is 2.30. The molecule has 0 heterocycles. The first kappa shape index (κ1) is 11.4. The number of rotatable bonds is 1. The van der Waals surface area contributed by atoms with Crippen LogP contribution in [0.25, 0.3) is 0 Å². The number of hydrogen-bond donors (Lipinski definition) is 3. The van der Waals surface area contributed by atoms with Gasteiger partial charge in [0.2, 0.25) is 0 Å². The highest BCUT2D eigenvalue weighted by Crippen LogP contribution is 2.08. The molecule has 1 aromatic rings. The van der Waals surface area contributed by atoms with E-state index >= 15 is 0 Å². The Morgan fingerprint density at radius 1 is 1.33 bits per heavy atom. The van der Waals surface area contributed by atoms with Crippen LogP contribution < -0.4 is 11.5 Å². The van der Waals surface area contributed by atoms with E-state index < -0.39 is 0 Å². The average Bonchev–Trinajstić information content (AvgIpc) is 1.93. The van der Waals surface area contributed by atoms with E-state index in [2.05, 4.69) is 17.9 Å². The quantitative estimate of drug-likeness (QED) is 0.482. The van der Waals surface area contributed by atoms with Crippen LogP contribution in [-0.2, 0) is 0 Å². The molecule has 0 aliphatic carbocycles. The first-order valence-electron chi connectivity index (χ1n) is 3.25. The van der Waals surface area contributed by atoms with E-state index in [-0.39, 0.29) is 6.15 Å². The van der Waals surface area contributed by atoms with Crippen LogP contribution in [0.3, 0.4) is 0 Å². The SMILES string of the molecule is Cc1ccc(NC(=S)S)cc1.N. The third-order valence-corrected chi connectivity index (χ3v) is 1.52. The summed E-state index contributed by atoms with van der Waals surface area (Å²) >= 11 is 8.72. The standard InChI is InChI=1S/C8H9NS2.H3N/c1-6-2-4-7(5-3-6)9-8(10)11;/h2-5H,1H3,(H2,9,10,11);1H3. The van der Waals surface area contributed by atoms with Gasteiger partial charge in [-0.05, 0) is 19.1 Å². The molecule has 0 atom stereocenters. The van der Waals surface area contributed by atoms with E-state index in [1.807, 2.05) is 31.2 Å². The van der Waals surface area contributed by atoms with E-state index in [9.17, 15) is 0 Å². The lowest BCUT2D eigenvalue weighted by atomic mass is 10.2. The molecule has 0 bridgehead atoms. The fourth-order valence-corrected chi connectivity index (χ4v) is 1.01. The summed E-state index contributed by atoms with van der Waals surface area (Å²) in [5, 5.41) is 2.93. The topological polar surface area (TPSA) is 47.0 Å². The van der Waals surface area contributed by atoms with Gasteiger partial charge in [-0.2, -0.15) is 0 Å². The predicted octanol–water partition coefficient (Wildman–Crippen LogP) is 2.78. The van der Waals surface area contributed by atoms with Crippen LogP contribution in [0, 0.1) is 6.92 Å². The maximum Gasteiger partial charge on any atom is 0.135 e. The monoisotopic (exact) mass is 200 g/mol. The summed E-state index contributed by atoms with van der Waals surface area (Å²) in [5.41, 5.74) is 2.22. The Morgan fingerprint density at radius 2 is 1.83 bits per heavy atom. The van der Waals surface area contributed by atoms with Crippen LogP contribution in [-0.4, -0.2) is 4.32 Å². The number of hydrogen-bond acceptors (Lipinski definition) is 2. The van der Waals surface area contributed by atoms with Crippen LogP contribution in [0.4, 0.5) is 5.69 Å². The van der Waals surface area contributed by atoms with Gasteiger partial charge < -0.3 is 11.5 Å². The highest BCUT2D eigenvalue weighted by atomic mass is 32.1. The molecule has 0 aromatic heterocycles. The number of thiol groups is 1. The highest BCUT2D eigenvalue weighted by molar-refractivity contribution is 8.11. The van der Waals surface area contributed by atoms with Crippen LogP contribution in [0.1, 0.15) is 5.56 Å². The molecule has 0 amide bonds. The van der Waals surface area contributed by atoms with Gasteiger partial charge in [-0.15, -0.1) is 12.6 Å². The van der Waals surface area contributed by atoms with Gasteiger partial charge in [0.25, 0.3) is 0 Å². The summed E-state index contributed by atoms with van der Waals surface area (Å²) in [6.45, 7) is 2.04. The van der Waals surface area contributed by atoms with Crippen molar-refractivity contribution in [1.82, 2.24) is 6.15 Å². The van der Waals surface area contributed by atoms with E-state index in [4.69, 9.17) is 12.2 Å². The minimum absolute atomic E-state index is 0. The maximum atomic E-state index is 4.76. The Balaban J connectivity index is 0.00000121. The summed E-state index contributed by atoms with van der Waals surface area (Å²) in [6.07, 6.45) is 0. The van der Waals surface area contributed by atoms with Crippen molar-refractivity contribution >= 4 is 34.9 Å². The van der Waals surface area contributed by atoms with Gasteiger partial charge in [0.05, 0.1) is 0 Å². The third kappa shape index (κ3) is 3.71. The number of benzene rings is 1. The molecule has 12 heavy (non-hydrogen) atoms.